The Hall–Kier alpha value is -10.6. The Morgan fingerprint density at radius 2 is 1.11 bits per heavy atom. The van der Waals surface area contributed by atoms with Crippen molar-refractivity contribution in [1.82, 2.24) is 52.3 Å². The number of rotatable bonds is 9. The van der Waals surface area contributed by atoms with Gasteiger partial charge in [0.15, 0.2) is 23.0 Å². The van der Waals surface area contributed by atoms with Crippen LogP contribution in [-0.2, 0) is 40.0 Å². The number of aliphatic hydroxyl groups is 1. The highest BCUT2D eigenvalue weighted by Crippen LogP contribution is 2.48. The first-order valence-corrected chi connectivity index (χ1v) is 30.9. The van der Waals surface area contributed by atoms with Crippen LogP contribution in [0.15, 0.2) is 115 Å². The molecule has 0 unspecified atom stereocenters. The van der Waals surface area contributed by atoms with Gasteiger partial charge in [0.05, 0.1) is 10.0 Å². The van der Waals surface area contributed by atoms with E-state index in [0.29, 0.717) is 25.1 Å². The number of likely N-dealkylation sites (N-methyl/N-ethyl adjacent to an activating group) is 1. The minimum atomic E-state index is -2.15. The van der Waals surface area contributed by atoms with Crippen molar-refractivity contribution >= 4 is 64.6 Å². The number of carbonyl (C=O) groups is 7. The number of hydrogen-bond acceptors (Lipinski definition) is 20. The van der Waals surface area contributed by atoms with Crippen molar-refractivity contribution < 1.29 is 83.5 Å². The molecular weight excluding hydrogens is 1290 g/mol. The van der Waals surface area contributed by atoms with Gasteiger partial charge in [0.1, 0.15) is 88.6 Å². The molecule has 7 aromatic carbocycles. The maximum absolute atomic E-state index is 16.0. The lowest BCUT2D eigenvalue weighted by Crippen LogP contribution is -2.56. The molecule has 0 saturated carbocycles. The third-order valence-corrected chi connectivity index (χ3v) is 17.0. The van der Waals surface area contributed by atoms with E-state index in [1.165, 1.54) is 66.7 Å². The topological polar surface area (TPSA) is 392 Å². The van der Waals surface area contributed by atoms with Gasteiger partial charge in [-0.05, 0) is 159 Å². The minimum absolute atomic E-state index is 0.0552. The van der Waals surface area contributed by atoms with Crippen LogP contribution >= 0.6 is 23.2 Å². The number of hydrogen-bond donors (Lipinski definition) is 15. The number of halogens is 2. The van der Waals surface area contributed by atoms with Gasteiger partial charge in [-0.3, -0.25) is 33.6 Å². The number of carbonyl (C=O) groups excluding carboxylic acids is 7. The van der Waals surface area contributed by atoms with E-state index in [-0.39, 0.29) is 97.1 Å². The van der Waals surface area contributed by atoms with Gasteiger partial charge in [0.25, 0.3) is 0 Å². The quantitative estimate of drug-likeness (QED) is 0.0830. The van der Waals surface area contributed by atoms with Crippen molar-refractivity contribution in [2.24, 2.45) is 0 Å². The molecule has 17 bridgehead atoms. The Morgan fingerprint density at radius 3 is 1.79 bits per heavy atom. The highest BCUT2D eigenvalue weighted by molar-refractivity contribution is 6.32. The highest BCUT2D eigenvalue weighted by atomic mass is 35.5. The van der Waals surface area contributed by atoms with Crippen LogP contribution in [0.2, 0.25) is 10.0 Å². The van der Waals surface area contributed by atoms with Crippen molar-refractivity contribution in [3.05, 3.63) is 164 Å². The number of fused-ring (bicyclic) bond motifs is 14. The van der Waals surface area contributed by atoms with Gasteiger partial charge in [-0.2, -0.15) is 0 Å². The molecule has 7 amide bonds. The average Bonchev–Trinajstić information content (AvgIpc) is 0.787. The van der Waals surface area contributed by atoms with Crippen LogP contribution in [0.5, 0.6) is 69.0 Å². The number of aromatic hydroxyl groups is 6. The molecule has 0 saturated heterocycles. The second-order valence-electron chi connectivity index (χ2n) is 23.9. The maximum atomic E-state index is 16.0. The summed E-state index contributed by atoms with van der Waals surface area (Å²) in [6, 6.07) is 10.3. The van der Waals surface area contributed by atoms with Crippen LogP contribution in [0.4, 0.5) is 0 Å². The number of nitrogens with zero attached hydrogens (tertiary/aromatic N) is 2. The summed E-state index contributed by atoms with van der Waals surface area (Å²) in [5.74, 6) is -13.0. The Bertz CT molecular complexity index is 4290. The van der Waals surface area contributed by atoms with Crippen molar-refractivity contribution in [2.45, 2.75) is 61.2 Å². The second kappa shape index (κ2) is 27.8. The smallest absolute Gasteiger partial charge is 0.248 e. The van der Waals surface area contributed by atoms with Gasteiger partial charge in [0, 0.05) is 49.3 Å². The van der Waals surface area contributed by atoms with Crippen molar-refractivity contribution in [3.63, 3.8) is 0 Å². The Kier molecular flexibility index (Phi) is 19.4. The Morgan fingerprint density at radius 1 is 0.521 bits per heavy atom. The Balaban J connectivity index is 1.11. The third kappa shape index (κ3) is 14.4. The molecule has 15 N–H and O–H groups in total. The fraction of sp³-hybridized carbons (Fsp3) is 0.269. The molecule has 8 atom stereocenters. The van der Waals surface area contributed by atoms with Crippen molar-refractivity contribution in [2.75, 3.05) is 54.4 Å². The SMILES string of the molecule is CN(C)CCCNC(=O)[C@@H]1NC(=O)[C@H]2NC(=O)[C@H](NC(=O)[C@@H]3NC(=O)[C@H]4NC(=O)[C@@H](Cc5ccc(c(Cl)c5)Oc5cc3cc(c5O)Oc3ccc(cc3Cl)[C@H]2O)NC(=O)[C@@H](NCCN(C)C)c2ccc(O)c(c2)Oc2cc(O)cc4c2)c2ccc(O)c(c2)-c2c(O)cc(O)cc21. The highest BCUT2D eigenvalue weighted by Gasteiger charge is 2.41. The van der Waals surface area contributed by atoms with Crippen LogP contribution < -0.4 is 56.7 Å². The summed E-state index contributed by atoms with van der Waals surface area (Å²) in [5.41, 5.74) is -1.18. The zero-order chi connectivity index (χ0) is 68.5. The number of phenols is 6. The normalized spacial score (nSPS) is 21.0. The van der Waals surface area contributed by atoms with E-state index < -0.39 is 136 Å². The molecule has 13 rings (SSSR count). The molecule has 500 valence electrons. The summed E-state index contributed by atoms with van der Waals surface area (Å²) in [7, 11) is 7.28. The number of ether oxygens (including phenoxy) is 3. The van der Waals surface area contributed by atoms with E-state index in [1.807, 2.05) is 38.0 Å². The van der Waals surface area contributed by atoms with Crippen LogP contribution in [-0.4, -0.2) is 153 Å². The second-order valence-corrected chi connectivity index (χ2v) is 24.7. The molecule has 0 radical (unpaired) electrons. The molecule has 6 aliphatic heterocycles. The van der Waals surface area contributed by atoms with E-state index in [1.54, 1.807) is 0 Å². The van der Waals surface area contributed by atoms with Gasteiger partial charge < -0.3 is 102 Å². The largest absolute Gasteiger partial charge is 0.508 e. The van der Waals surface area contributed by atoms with Gasteiger partial charge in [-0.1, -0.05) is 47.5 Å². The van der Waals surface area contributed by atoms with Crippen LogP contribution in [0.3, 0.4) is 0 Å². The number of aliphatic hydroxyl groups excluding tert-OH is 1. The fourth-order valence-electron chi connectivity index (χ4n) is 11.6. The average molecular weight is 1350 g/mol. The first-order valence-electron chi connectivity index (χ1n) is 30.1. The van der Waals surface area contributed by atoms with Crippen molar-refractivity contribution in [1.29, 1.82) is 0 Å². The van der Waals surface area contributed by atoms with Crippen LogP contribution in [0.1, 0.15) is 81.7 Å². The minimum Gasteiger partial charge on any atom is -0.508 e. The van der Waals surface area contributed by atoms with Gasteiger partial charge in [-0.25, -0.2) is 0 Å². The molecule has 6 aliphatic rings. The molecule has 96 heavy (non-hydrogen) atoms. The van der Waals surface area contributed by atoms with E-state index in [0.717, 1.165) is 48.5 Å². The first kappa shape index (κ1) is 66.9. The summed E-state index contributed by atoms with van der Waals surface area (Å²) in [4.78, 5) is 111. The van der Waals surface area contributed by atoms with E-state index in [4.69, 9.17) is 37.4 Å². The third-order valence-electron chi connectivity index (χ3n) is 16.4. The molecule has 0 aromatic heterocycles. The molecule has 7 aromatic rings. The van der Waals surface area contributed by atoms with Crippen molar-refractivity contribution in [3.8, 4) is 80.1 Å². The fourth-order valence-corrected chi connectivity index (χ4v) is 12.0. The summed E-state index contributed by atoms with van der Waals surface area (Å²) in [6.07, 6.45) is -1.97. The van der Waals surface area contributed by atoms with E-state index in [2.05, 4.69) is 42.5 Å². The number of amides is 7. The zero-order valence-corrected chi connectivity index (χ0v) is 53.2. The van der Waals surface area contributed by atoms with Crippen LogP contribution in [0.25, 0.3) is 11.1 Å². The molecule has 0 spiro atoms. The van der Waals surface area contributed by atoms with E-state index >= 15 is 24.0 Å². The Labute approximate surface area is 557 Å². The molecule has 6 heterocycles. The standard InChI is InChI=1S/C67H66Cl2N10O17/c1-78(2)16-5-14-71-62(88)57-40-28-37(81)29-46(84)52(40)39-22-31(7-10-44(39)82)54-64(90)77-58(67(93)76-57)59(85)33-9-13-48(42(69)23-33)96-51-26-35-25-50(60(51)86)95-47-12-6-30(18-41(47)68)19-43-61(87)73-55(65(91)75-56(35)66(92)74-54)34-20-36(80)27-38(21-34)94-49-24-32(8-11-45(49)83)53(63(89)72-43)70-15-17-79(3)4/h6-13,18,20-29,43,53-59,70,80-86H,5,14-17,19H2,1-4H3,(H,71,88)(H,72,89)(H,73,87)(H,74,92)(H,75,91)(H,76,93)(H,77,90)/t43-,53+,54-,55+,56-,57-,58+,59-/m1/s1. The molecule has 29 heteroatoms. The van der Waals surface area contributed by atoms with Gasteiger partial charge in [0.2, 0.25) is 47.1 Å². The molecular formula is C67H66Cl2N10O17. The summed E-state index contributed by atoms with van der Waals surface area (Å²) in [5, 5.41) is 103. The lowest BCUT2D eigenvalue weighted by molar-refractivity contribution is -0.137. The summed E-state index contributed by atoms with van der Waals surface area (Å²) in [6.45, 7) is 1.27. The predicted molar refractivity (Wildman–Crippen MR) is 346 cm³/mol. The number of nitrogens with one attached hydrogen (secondary N) is 8. The van der Waals surface area contributed by atoms with Gasteiger partial charge >= 0.3 is 0 Å². The number of benzene rings is 7. The molecule has 27 nitrogen and oxygen atoms in total. The summed E-state index contributed by atoms with van der Waals surface area (Å²) < 4.78 is 18.8. The molecule has 0 fully saturated rings. The van der Waals surface area contributed by atoms with E-state index in [9.17, 15) is 45.3 Å². The summed E-state index contributed by atoms with van der Waals surface area (Å²) >= 11 is 13.9. The van der Waals surface area contributed by atoms with Gasteiger partial charge in [-0.15, -0.1) is 0 Å². The zero-order valence-electron chi connectivity index (χ0n) is 51.7. The number of phenolic OH excluding ortho intramolecular Hbond substituents is 6. The monoisotopic (exact) mass is 1350 g/mol. The predicted octanol–water partition coefficient (Wildman–Crippen LogP) is 5.16. The lowest BCUT2D eigenvalue weighted by Gasteiger charge is -2.31. The maximum Gasteiger partial charge on any atom is 0.248 e. The first-order chi connectivity index (χ1) is 45.8. The lowest BCUT2D eigenvalue weighted by atomic mass is 9.89. The molecule has 0 aliphatic carbocycles. The van der Waals surface area contributed by atoms with Crippen LogP contribution in [0, 0.1) is 0 Å².